The highest BCUT2D eigenvalue weighted by molar-refractivity contribution is 6.30. The number of nitrogens with zero attached hydrogens (tertiary/aromatic N) is 6. The van der Waals surface area contributed by atoms with Crippen LogP contribution in [0.1, 0.15) is 35.5 Å². The Morgan fingerprint density at radius 2 is 1.98 bits per heavy atom. The number of halogens is 4. The van der Waals surface area contributed by atoms with Crippen molar-refractivity contribution in [1.29, 1.82) is 5.26 Å². The van der Waals surface area contributed by atoms with E-state index in [-0.39, 0.29) is 23.9 Å². The largest absolute Gasteiger partial charge is 0.416 e. The summed E-state index contributed by atoms with van der Waals surface area (Å²) in [6, 6.07) is 10.6. The molecule has 1 fully saturated rings. The zero-order chi connectivity index (χ0) is 29.3. The van der Waals surface area contributed by atoms with Gasteiger partial charge in [0.25, 0.3) is 5.56 Å². The second-order valence-corrected chi connectivity index (χ2v) is 10.1. The van der Waals surface area contributed by atoms with Crippen LogP contribution in [0, 0.1) is 11.3 Å². The Bertz CT molecular complexity index is 1690. The van der Waals surface area contributed by atoms with Crippen LogP contribution in [0.2, 0.25) is 5.15 Å². The molecule has 0 spiro atoms. The van der Waals surface area contributed by atoms with Gasteiger partial charge in [0, 0.05) is 36.9 Å². The normalized spacial score (nSPS) is 16.4. The van der Waals surface area contributed by atoms with Crippen LogP contribution in [-0.4, -0.2) is 51.5 Å². The molecule has 212 valence electrons. The molecule has 41 heavy (non-hydrogen) atoms. The Balaban J connectivity index is 1.40. The highest BCUT2D eigenvalue weighted by atomic mass is 35.5. The molecule has 13 heteroatoms. The first kappa shape index (κ1) is 28.3. The summed E-state index contributed by atoms with van der Waals surface area (Å²) in [4.78, 5) is 27.0. The van der Waals surface area contributed by atoms with E-state index in [0.29, 0.717) is 41.2 Å². The second kappa shape index (κ2) is 11.3. The van der Waals surface area contributed by atoms with Crippen LogP contribution < -0.4 is 15.8 Å². The number of alkyl halides is 3. The minimum Gasteiger partial charge on any atom is -0.375 e. The topological polar surface area (TPSA) is 109 Å². The molecule has 1 aliphatic rings. The molecule has 4 heterocycles. The number of morpholine rings is 1. The zero-order valence-corrected chi connectivity index (χ0v) is 22.9. The summed E-state index contributed by atoms with van der Waals surface area (Å²) in [5.41, 5.74) is 3.47. The summed E-state index contributed by atoms with van der Waals surface area (Å²) in [6.45, 7) is 1.75. The summed E-state index contributed by atoms with van der Waals surface area (Å²) in [5.74, 6) is 0.407. The van der Waals surface area contributed by atoms with Gasteiger partial charge >= 0.3 is 6.18 Å². The van der Waals surface area contributed by atoms with Gasteiger partial charge in [0.2, 0.25) is 0 Å². The van der Waals surface area contributed by atoms with E-state index in [1.54, 1.807) is 28.8 Å². The van der Waals surface area contributed by atoms with E-state index in [9.17, 15) is 23.2 Å². The number of aryl methyl sites for hydroxylation is 1. The van der Waals surface area contributed by atoms with Crippen LogP contribution in [0.4, 0.5) is 24.5 Å². The second-order valence-electron chi connectivity index (χ2n) is 9.74. The van der Waals surface area contributed by atoms with Gasteiger partial charge < -0.3 is 19.5 Å². The number of anilines is 2. The summed E-state index contributed by atoms with van der Waals surface area (Å²) in [5, 5.41) is 13.7. The molecule has 9 nitrogen and oxygen atoms in total. The molecule has 1 aliphatic heterocycles. The fraction of sp³-hybridized carbons (Fsp3) is 0.321. The van der Waals surface area contributed by atoms with Crippen molar-refractivity contribution in [3.63, 3.8) is 0 Å². The standard InChI is InChI=1S/C28H25ClF3N7O2/c1-16(27-35-13-19(14-36-27)39-7-8-41-24(15-39)28(30,31)32)37-22-11-25(40)38(2)23-4-3-17(10-20(22)23)9-18-5-6-34-26(29)21(18)12-33/h3-6,10-11,13-14,16,24,37H,7-9,15H2,1-2H3. The van der Waals surface area contributed by atoms with E-state index in [1.807, 2.05) is 25.1 Å². The Hall–Kier alpha value is -4.21. The molecule has 0 saturated carbocycles. The van der Waals surface area contributed by atoms with E-state index in [2.05, 4.69) is 26.3 Å². The quantitative estimate of drug-likeness (QED) is 0.323. The molecular formula is C28H25ClF3N7O2. The molecule has 1 saturated heterocycles. The molecule has 0 amide bonds. The number of nitrogens with one attached hydrogen (secondary N) is 1. The third-order valence-electron chi connectivity index (χ3n) is 7.02. The van der Waals surface area contributed by atoms with Gasteiger partial charge in [-0.05, 0) is 42.7 Å². The average molecular weight is 584 g/mol. The number of aromatic nitrogens is 4. The zero-order valence-electron chi connectivity index (χ0n) is 22.1. The van der Waals surface area contributed by atoms with Gasteiger partial charge in [-0.25, -0.2) is 15.0 Å². The summed E-state index contributed by atoms with van der Waals surface area (Å²) >= 11 is 6.10. The van der Waals surface area contributed by atoms with Crippen LogP contribution in [0.3, 0.4) is 0 Å². The molecule has 5 rings (SSSR count). The summed E-state index contributed by atoms with van der Waals surface area (Å²) in [7, 11) is 1.69. The maximum absolute atomic E-state index is 13.1. The molecule has 0 bridgehead atoms. The predicted molar refractivity (Wildman–Crippen MR) is 148 cm³/mol. The third-order valence-corrected chi connectivity index (χ3v) is 7.31. The fourth-order valence-corrected chi connectivity index (χ4v) is 5.01. The molecule has 2 unspecified atom stereocenters. The Morgan fingerprint density at radius 3 is 2.68 bits per heavy atom. The lowest BCUT2D eigenvalue weighted by molar-refractivity contribution is -0.221. The number of hydrogen-bond donors (Lipinski definition) is 1. The Morgan fingerprint density at radius 1 is 1.22 bits per heavy atom. The molecule has 2 atom stereocenters. The smallest absolute Gasteiger partial charge is 0.375 e. The molecule has 1 N–H and O–H groups in total. The van der Waals surface area contributed by atoms with Crippen molar-refractivity contribution in [2.45, 2.75) is 31.7 Å². The third kappa shape index (κ3) is 5.96. The van der Waals surface area contributed by atoms with Crippen molar-refractivity contribution in [2.24, 2.45) is 7.05 Å². The van der Waals surface area contributed by atoms with Crippen molar-refractivity contribution in [3.8, 4) is 6.07 Å². The lowest BCUT2D eigenvalue weighted by atomic mass is 10.00. The molecule has 4 aromatic rings. The SMILES string of the molecule is CC(Nc1cc(=O)n(C)c2ccc(Cc3ccnc(Cl)c3C#N)cc12)c1ncc(N2CCOC(C(F)(F)F)C2)cn1. The first-order chi connectivity index (χ1) is 19.5. The number of benzene rings is 1. The maximum Gasteiger partial charge on any atom is 0.416 e. The minimum atomic E-state index is -4.45. The molecular weight excluding hydrogens is 559 g/mol. The van der Waals surface area contributed by atoms with Gasteiger partial charge in [-0.15, -0.1) is 0 Å². The van der Waals surface area contributed by atoms with Crippen LogP contribution in [0.15, 0.2) is 53.7 Å². The van der Waals surface area contributed by atoms with E-state index in [0.717, 1.165) is 16.5 Å². The average Bonchev–Trinajstić information content (AvgIpc) is 2.95. The summed E-state index contributed by atoms with van der Waals surface area (Å²) < 4.78 is 45.8. The van der Waals surface area contributed by atoms with Crippen molar-refractivity contribution in [3.05, 3.63) is 86.9 Å². The molecule has 0 aliphatic carbocycles. The van der Waals surface area contributed by atoms with E-state index in [4.69, 9.17) is 16.3 Å². The first-order valence-corrected chi connectivity index (χ1v) is 13.1. The van der Waals surface area contributed by atoms with Crippen LogP contribution in [-0.2, 0) is 18.2 Å². The van der Waals surface area contributed by atoms with Gasteiger partial charge in [0.1, 0.15) is 17.0 Å². The summed E-state index contributed by atoms with van der Waals surface area (Å²) in [6.07, 6.45) is -1.34. The Labute approximate surface area is 238 Å². The monoisotopic (exact) mass is 583 g/mol. The maximum atomic E-state index is 13.1. The van der Waals surface area contributed by atoms with Gasteiger partial charge in [0.15, 0.2) is 6.10 Å². The van der Waals surface area contributed by atoms with Crippen molar-refractivity contribution >= 4 is 33.9 Å². The van der Waals surface area contributed by atoms with Crippen LogP contribution in [0.5, 0.6) is 0 Å². The highest BCUT2D eigenvalue weighted by Crippen LogP contribution is 2.30. The van der Waals surface area contributed by atoms with E-state index in [1.165, 1.54) is 18.5 Å². The molecule has 1 aromatic carbocycles. The fourth-order valence-electron chi connectivity index (χ4n) is 4.79. The van der Waals surface area contributed by atoms with E-state index < -0.39 is 18.3 Å². The van der Waals surface area contributed by atoms with Crippen molar-refractivity contribution in [1.82, 2.24) is 19.5 Å². The van der Waals surface area contributed by atoms with Gasteiger partial charge in [-0.1, -0.05) is 17.7 Å². The minimum absolute atomic E-state index is 0.0477. The first-order valence-electron chi connectivity index (χ1n) is 12.7. The number of rotatable bonds is 6. The predicted octanol–water partition coefficient (Wildman–Crippen LogP) is 4.78. The number of pyridine rings is 2. The number of hydrogen-bond acceptors (Lipinski definition) is 8. The number of fused-ring (bicyclic) bond motifs is 1. The lowest BCUT2D eigenvalue weighted by Crippen LogP contribution is -2.49. The van der Waals surface area contributed by atoms with Gasteiger partial charge in [0.05, 0.1) is 48.4 Å². The lowest BCUT2D eigenvalue weighted by Gasteiger charge is -2.34. The van der Waals surface area contributed by atoms with Gasteiger partial charge in [-0.2, -0.15) is 18.4 Å². The molecule has 0 radical (unpaired) electrons. The van der Waals surface area contributed by atoms with Crippen LogP contribution >= 0.6 is 11.6 Å². The number of nitriles is 1. The Kier molecular flexibility index (Phi) is 7.84. The number of ether oxygens (including phenoxy) is 1. The highest BCUT2D eigenvalue weighted by Gasteiger charge is 2.43. The van der Waals surface area contributed by atoms with E-state index >= 15 is 0 Å². The van der Waals surface area contributed by atoms with Crippen molar-refractivity contribution < 1.29 is 17.9 Å². The molecule has 3 aromatic heterocycles. The van der Waals surface area contributed by atoms with Crippen LogP contribution in [0.25, 0.3) is 10.9 Å². The van der Waals surface area contributed by atoms with Gasteiger partial charge in [-0.3, -0.25) is 4.79 Å². The van der Waals surface area contributed by atoms with Crippen molar-refractivity contribution in [2.75, 3.05) is 29.9 Å².